The van der Waals surface area contributed by atoms with Gasteiger partial charge in [0.25, 0.3) is 0 Å². The van der Waals surface area contributed by atoms with Gasteiger partial charge in [-0.1, -0.05) is 63.1 Å². The Kier molecular flexibility index (Phi) is 9.17. The first-order valence-corrected chi connectivity index (χ1v) is 11.4. The predicted molar refractivity (Wildman–Crippen MR) is 120 cm³/mol. The molecule has 0 aliphatic rings. The standard InChI is InChI=1S/C24H35NO2S/c1-6-7-8-9-10-11-12-22(28-21-13-14-27-20(21)5)24(26)25-23-18(3)15-17(2)16-19(23)4/h13-16,22H,6-12H2,1-5H3,(H,25,26). The van der Waals surface area contributed by atoms with Crippen LogP contribution in [0.5, 0.6) is 0 Å². The molecule has 0 saturated carbocycles. The molecule has 2 aromatic rings. The zero-order chi connectivity index (χ0) is 20.5. The number of thioether (sulfide) groups is 1. The second kappa shape index (κ2) is 11.4. The topological polar surface area (TPSA) is 42.2 Å². The van der Waals surface area contributed by atoms with Crippen LogP contribution < -0.4 is 5.32 Å². The first-order valence-electron chi connectivity index (χ1n) is 10.5. The highest BCUT2D eigenvalue weighted by molar-refractivity contribution is 8.00. The van der Waals surface area contributed by atoms with Gasteiger partial charge in [-0.3, -0.25) is 4.79 Å². The molecule has 1 aromatic heterocycles. The molecule has 1 atom stereocenters. The third-order valence-electron chi connectivity index (χ3n) is 5.12. The molecule has 0 aliphatic carbocycles. The molecule has 0 aliphatic heterocycles. The number of nitrogens with one attached hydrogen (secondary N) is 1. The first kappa shape index (κ1) is 22.6. The number of carbonyl (C=O) groups excluding carboxylic acids is 1. The van der Waals surface area contributed by atoms with Gasteiger partial charge in [0.1, 0.15) is 5.76 Å². The minimum Gasteiger partial charge on any atom is -0.468 e. The molecule has 1 unspecified atom stereocenters. The average Bonchev–Trinajstić information content (AvgIpc) is 3.04. The van der Waals surface area contributed by atoms with E-state index in [1.54, 1.807) is 18.0 Å². The Morgan fingerprint density at radius 3 is 2.29 bits per heavy atom. The van der Waals surface area contributed by atoms with Crippen LogP contribution in [0, 0.1) is 27.7 Å². The molecule has 28 heavy (non-hydrogen) atoms. The Morgan fingerprint density at radius 1 is 1.04 bits per heavy atom. The van der Waals surface area contributed by atoms with Gasteiger partial charge >= 0.3 is 0 Å². The van der Waals surface area contributed by atoms with Crippen LogP contribution >= 0.6 is 11.8 Å². The number of benzene rings is 1. The lowest BCUT2D eigenvalue weighted by Gasteiger charge is -2.19. The van der Waals surface area contributed by atoms with E-state index in [-0.39, 0.29) is 11.2 Å². The molecule has 154 valence electrons. The number of anilines is 1. The molecule has 0 fully saturated rings. The van der Waals surface area contributed by atoms with Crippen LogP contribution in [0.15, 0.2) is 33.8 Å². The van der Waals surface area contributed by atoms with Gasteiger partial charge in [0, 0.05) is 10.6 Å². The lowest BCUT2D eigenvalue weighted by molar-refractivity contribution is -0.115. The number of amides is 1. The van der Waals surface area contributed by atoms with Gasteiger partial charge in [0.2, 0.25) is 5.91 Å². The van der Waals surface area contributed by atoms with E-state index >= 15 is 0 Å². The highest BCUT2D eigenvalue weighted by atomic mass is 32.2. The maximum atomic E-state index is 13.1. The molecule has 0 radical (unpaired) electrons. The minimum atomic E-state index is -0.109. The smallest absolute Gasteiger partial charge is 0.237 e. The normalized spacial score (nSPS) is 12.2. The van der Waals surface area contributed by atoms with Crippen LogP contribution in [0.3, 0.4) is 0 Å². The molecular weight excluding hydrogens is 366 g/mol. The zero-order valence-corrected chi connectivity index (χ0v) is 18.9. The SMILES string of the molecule is CCCCCCCCC(Sc1ccoc1C)C(=O)Nc1c(C)cc(C)cc1C. The summed E-state index contributed by atoms with van der Waals surface area (Å²) in [4.78, 5) is 14.2. The number of furan rings is 1. The Morgan fingerprint density at radius 2 is 1.68 bits per heavy atom. The second-order valence-corrected chi connectivity index (χ2v) is 9.01. The maximum absolute atomic E-state index is 13.1. The summed E-state index contributed by atoms with van der Waals surface area (Å²) in [5.74, 6) is 0.975. The maximum Gasteiger partial charge on any atom is 0.237 e. The van der Waals surface area contributed by atoms with Crippen LogP contribution in [-0.4, -0.2) is 11.2 Å². The van der Waals surface area contributed by atoms with Gasteiger partial charge in [-0.2, -0.15) is 0 Å². The van der Waals surface area contributed by atoms with E-state index in [9.17, 15) is 4.79 Å². The Labute approximate surface area is 174 Å². The van der Waals surface area contributed by atoms with Crippen LogP contribution in [0.1, 0.15) is 74.3 Å². The third-order valence-corrected chi connectivity index (χ3v) is 6.53. The van der Waals surface area contributed by atoms with E-state index in [4.69, 9.17) is 4.42 Å². The summed E-state index contributed by atoms with van der Waals surface area (Å²) in [6.45, 7) is 10.4. The van der Waals surface area contributed by atoms with E-state index in [0.29, 0.717) is 0 Å². The quantitative estimate of drug-likeness (QED) is 0.316. The van der Waals surface area contributed by atoms with Crippen molar-refractivity contribution >= 4 is 23.4 Å². The average molecular weight is 402 g/mol. The van der Waals surface area contributed by atoms with E-state index < -0.39 is 0 Å². The van der Waals surface area contributed by atoms with E-state index in [0.717, 1.165) is 40.3 Å². The summed E-state index contributed by atoms with van der Waals surface area (Å²) in [5, 5.41) is 3.10. The number of unbranched alkanes of at least 4 members (excludes halogenated alkanes) is 5. The van der Waals surface area contributed by atoms with E-state index in [2.05, 4.69) is 45.1 Å². The summed E-state index contributed by atoms with van der Waals surface area (Å²) in [7, 11) is 0. The highest BCUT2D eigenvalue weighted by Crippen LogP contribution is 2.32. The van der Waals surface area contributed by atoms with Crippen LogP contribution in [0.25, 0.3) is 0 Å². The summed E-state index contributed by atoms with van der Waals surface area (Å²) >= 11 is 1.63. The summed E-state index contributed by atoms with van der Waals surface area (Å²) < 4.78 is 5.43. The van der Waals surface area contributed by atoms with Crippen molar-refractivity contribution in [3.63, 3.8) is 0 Å². The number of hydrogen-bond acceptors (Lipinski definition) is 3. The molecular formula is C24H35NO2S. The molecule has 4 heteroatoms. The fourth-order valence-electron chi connectivity index (χ4n) is 3.58. The van der Waals surface area contributed by atoms with Crippen molar-refractivity contribution in [3.05, 3.63) is 46.9 Å². The highest BCUT2D eigenvalue weighted by Gasteiger charge is 2.22. The molecule has 1 heterocycles. The number of carbonyl (C=O) groups is 1. The third kappa shape index (κ3) is 6.73. The largest absolute Gasteiger partial charge is 0.468 e. The molecule has 0 spiro atoms. The molecule has 3 nitrogen and oxygen atoms in total. The Bertz CT molecular complexity index is 743. The monoisotopic (exact) mass is 401 g/mol. The zero-order valence-electron chi connectivity index (χ0n) is 18.1. The van der Waals surface area contributed by atoms with E-state index in [1.165, 1.54) is 37.7 Å². The van der Waals surface area contributed by atoms with E-state index in [1.807, 2.05) is 13.0 Å². The van der Waals surface area contributed by atoms with Crippen LogP contribution in [0.2, 0.25) is 0 Å². The van der Waals surface area contributed by atoms with Gasteiger partial charge in [0.15, 0.2) is 0 Å². The van der Waals surface area contributed by atoms with Crippen molar-refractivity contribution in [3.8, 4) is 0 Å². The Hall–Kier alpha value is -1.68. The summed E-state index contributed by atoms with van der Waals surface area (Å²) in [6, 6.07) is 6.21. The summed E-state index contributed by atoms with van der Waals surface area (Å²) in [5.41, 5.74) is 4.41. The fraction of sp³-hybridized carbons (Fsp3) is 0.542. The van der Waals surface area contributed by atoms with Crippen molar-refractivity contribution in [2.75, 3.05) is 5.32 Å². The first-order chi connectivity index (χ1) is 13.4. The van der Waals surface area contributed by atoms with Gasteiger partial charge in [0.05, 0.1) is 11.5 Å². The minimum absolute atomic E-state index is 0.0919. The molecule has 1 N–H and O–H groups in total. The van der Waals surface area contributed by atoms with Gasteiger partial charge in [-0.25, -0.2) is 0 Å². The van der Waals surface area contributed by atoms with Gasteiger partial charge in [-0.15, -0.1) is 11.8 Å². The second-order valence-electron chi connectivity index (χ2n) is 7.77. The van der Waals surface area contributed by atoms with Crippen molar-refractivity contribution in [2.24, 2.45) is 0 Å². The van der Waals surface area contributed by atoms with Crippen LogP contribution in [-0.2, 0) is 4.79 Å². The van der Waals surface area contributed by atoms with Crippen molar-refractivity contribution in [2.45, 2.75) is 89.7 Å². The molecule has 2 rings (SSSR count). The molecule has 1 amide bonds. The molecule has 1 aromatic carbocycles. The lowest BCUT2D eigenvalue weighted by atomic mass is 10.0. The number of hydrogen-bond donors (Lipinski definition) is 1. The van der Waals surface area contributed by atoms with Crippen molar-refractivity contribution in [1.82, 2.24) is 0 Å². The Balaban J connectivity index is 2.04. The molecule has 0 saturated heterocycles. The lowest BCUT2D eigenvalue weighted by Crippen LogP contribution is -2.26. The van der Waals surface area contributed by atoms with Crippen molar-refractivity contribution < 1.29 is 9.21 Å². The summed E-state index contributed by atoms with van der Waals surface area (Å²) in [6.07, 6.45) is 9.98. The predicted octanol–water partition coefficient (Wildman–Crippen LogP) is 7.36. The van der Waals surface area contributed by atoms with Gasteiger partial charge in [-0.05, 0) is 51.3 Å². The van der Waals surface area contributed by atoms with Gasteiger partial charge < -0.3 is 9.73 Å². The number of rotatable bonds is 11. The molecule has 0 bridgehead atoms. The van der Waals surface area contributed by atoms with Crippen molar-refractivity contribution in [1.29, 1.82) is 0 Å². The fourth-order valence-corrected chi connectivity index (χ4v) is 4.69. The van der Waals surface area contributed by atoms with Crippen LogP contribution in [0.4, 0.5) is 5.69 Å². The number of aryl methyl sites for hydroxylation is 4.